The lowest BCUT2D eigenvalue weighted by Gasteiger charge is -2.44. The van der Waals surface area contributed by atoms with E-state index >= 15 is 0 Å². The molecule has 4 heteroatoms. The molecular formula is C14H22N4. The summed E-state index contributed by atoms with van der Waals surface area (Å²) >= 11 is 0. The lowest BCUT2D eigenvalue weighted by molar-refractivity contribution is 0.133. The molecule has 1 unspecified atom stereocenters. The van der Waals surface area contributed by atoms with Crippen molar-refractivity contribution in [1.82, 2.24) is 9.88 Å². The number of hydrogen-bond acceptors (Lipinski definition) is 4. The molecule has 0 bridgehead atoms. The molecule has 2 aliphatic rings. The Morgan fingerprint density at radius 2 is 2.17 bits per heavy atom. The number of piperidine rings is 1. The van der Waals surface area contributed by atoms with Gasteiger partial charge in [0.25, 0.3) is 0 Å². The van der Waals surface area contributed by atoms with Gasteiger partial charge in [-0.05, 0) is 37.9 Å². The van der Waals surface area contributed by atoms with Gasteiger partial charge in [0.05, 0.1) is 11.9 Å². The summed E-state index contributed by atoms with van der Waals surface area (Å²) in [6.45, 7) is 6.73. The van der Waals surface area contributed by atoms with Crippen molar-refractivity contribution in [2.45, 2.75) is 32.2 Å². The van der Waals surface area contributed by atoms with Gasteiger partial charge in [-0.2, -0.15) is 0 Å². The summed E-state index contributed by atoms with van der Waals surface area (Å²) in [5.74, 6) is 1.09. The van der Waals surface area contributed by atoms with Gasteiger partial charge in [0.2, 0.25) is 0 Å². The Labute approximate surface area is 109 Å². The van der Waals surface area contributed by atoms with Crippen molar-refractivity contribution in [2.75, 3.05) is 36.8 Å². The first kappa shape index (κ1) is 11.8. The predicted molar refractivity (Wildman–Crippen MR) is 74.8 cm³/mol. The summed E-state index contributed by atoms with van der Waals surface area (Å²) in [4.78, 5) is 9.54. The SMILES string of the molecule is Cc1cc(N2CCN3CCCCC3C2)ncc1N. The zero-order valence-electron chi connectivity index (χ0n) is 11.1. The quantitative estimate of drug-likeness (QED) is 0.818. The van der Waals surface area contributed by atoms with Gasteiger partial charge < -0.3 is 10.6 Å². The van der Waals surface area contributed by atoms with Crippen LogP contribution >= 0.6 is 0 Å². The fourth-order valence-corrected chi connectivity index (χ4v) is 3.09. The molecule has 1 aromatic heterocycles. The van der Waals surface area contributed by atoms with Crippen LogP contribution in [0.25, 0.3) is 0 Å². The zero-order valence-corrected chi connectivity index (χ0v) is 11.1. The molecule has 0 saturated carbocycles. The third-order valence-electron chi connectivity index (χ3n) is 4.30. The minimum atomic E-state index is 0.729. The Morgan fingerprint density at radius 3 is 3.00 bits per heavy atom. The van der Waals surface area contributed by atoms with Crippen LogP contribution in [0.5, 0.6) is 0 Å². The van der Waals surface area contributed by atoms with Gasteiger partial charge in [0, 0.05) is 25.7 Å². The number of aryl methyl sites for hydroxylation is 1. The number of aromatic nitrogens is 1. The molecule has 1 aromatic rings. The summed E-state index contributed by atoms with van der Waals surface area (Å²) in [5.41, 5.74) is 7.75. The Bertz CT molecular complexity index is 432. The summed E-state index contributed by atoms with van der Waals surface area (Å²) < 4.78 is 0. The molecule has 2 fully saturated rings. The highest BCUT2D eigenvalue weighted by Crippen LogP contribution is 2.25. The molecule has 2 N–H and O–H groups in total. The maximum Gasteiger partial charge on any atom is 0.128 e. The minimum absolute atomic E-state index is 0.729. The standard InChI is InChI=1S/C14H22N4/c1-11-8-14(16-9-13(11)15)18-7-6-17-5-3-2-4-12(17)10-18/h8-9,12H,2-7,10,15H2,1H3. The van der Waals surface area contributed by atoms with Gasteiger partial charge >= 0.3 is 0 Å². The van der Waals surface area contributed by atoms with E-state index < -0.39 is 0 Å². The van der Waals surface area contributed by atoms with E-state index in [0.717, 1.165) is 36.2 Å². The van der Waals surface area contributed by atoms with Gasteiger partial charge in [-0.1, -0.05) is 6.42 Å². The smallest absolute Gasteiger partial charge is 0.128 e. The van der Waals surface area contributed by atoms with E-state index in [-0.39, 0.29) is 0 Å². The molecule has 18 heavy (non-hydrogen) atoms. The molecule has 2 saturated heterocycles. The number of piperazine rings is 1. The Kier molecular flexibility index (Phi) is 3.12. The Hall–Kier alpha value is -1.29. The number of nitrogens with two attached hydrogens (primary N) is 1. The summed E-state index contributed by atoms with van der Waals surface area (Å²) in [6, 6.07) is 2.85. The number of hydrogen-bond donors (Lipinski definition) is 1. The number of nitrogen functional groups attached to an aromatic ring is 1. The van der Waals surface area contributed by atoms with Crippen LogP contribution in [-0.2, 0) is 0 Å². The van der Waals surface area contributed by atoms with Crippen LogP contribution < -0.4 is 10.6 Å². The molecule has 3 heterocycles. The number of nitrogens with zero attached hydrogens (tertiary/aromatic N) is 3. The van der Waals surface area contributed by atoms with Crippen LogP contribution in [0.2, 0.25) is 0 Å². The molecule has 0 aromatic carbocycles. The van der Waals surface area contributed by atoms with Crippen LogP contribution in [0.4, 0.5) is 11.5 Å². The van der Waals surface area contributed by atoms with Crippen molar-refractivity contribution in [3.8, 4) is 0 Å². The molecule has 0 radical (unpaired) electrons. The first-order chi connectivity index (χ1) is 8.74. The van der Waals surface area contributed by atoms with Gasteiger partial charge in [-0.25, -0.2) is 4.98 Å². The molecule has 3 rings (SSSR count). The molecule has 0 spiro atoms. The average molecular weight is 246 g/mol. The van der Waals surface area contributed by atoms with Gasteiger partial charge in [-0.15, -0.1) is 0 Å². The highest BCUT2D eigenvalue weighted by atomic mass is 15.3. The molecule has 98 valence electrons. The minimum Gasteiger partial charge on any atom is -0.397 e. The van der Waals surface area contributed by atoms with Gasteiger partial charge in [0.1, 0.15) is 5.82 Å². The normalized spacial score (nSPS) is 24.9. The van der Waals surface area contributed by atoms with E-state index in [1.54, 1.807) is 6.20 Å². The number of fused-ring (bicyclic) bond motifs is 1. The van der Waals surface area contributed by atoms with Gasteiger partial charge in [-0.3, -0.25) is 4.90 Å². The van der Waals surface area contributed by atoms with E-state index in [4.69, 9.17) is 5.73 Å². The fraction of sp³-hybridized carbons (Fsp3) is 0.643. The molecule has 0 aliphatic carbocycles. The fourth-order valence-electron chi connectivity index (χ4n) is 3.09. The second kappa shape index (κ2) is 4.76. The topological polar surface area (TPSA) is 45.4 Å². The van der Waals surface area contributed by atoms with Crippen molar-refractivity contribution in [3.05, 3.63) is 17.8 Å². The summed E-state index contributed by atoms with van der Waals surface area (Å²) in [6.07, 6.45) is 5.88. The Balaban J connectivity index is 1.75. The van der Waals surface area contributed by atoms with Crippen LogP contribution in [0.15, 0.2) is 12.3 Å². The highest BCUT2D eigenvalue weighted by Gasteiger charge is 2.29. The maximum atomic E-state index is 5.84. The predicted octanol–water partition coefficient (Wildman–Crippen LogP) is 1.65. The van der Waals surface area contributed by atoms with Crippen LogP contribution in [-0.4, -0.2) is 42.1 Å². The molecule has 0 amide bonds. The van der Waals surface area contributed by atoms with E-state index in [1.807, 2.05) is 0 Å². The largest absolute Gasteiger partial charge is 0.397 e. The van der Waals surface area contributed by atoms with E-state index in [0.29, 0.717) is 0 Å². The van der Waals surface area contributed by atoms with Crippen LogP contribution in [0.1, 0.15) is 24.8 Å². The second-order valence-electron chi connectivity index (χ2n) is 5.53. The number of rotatable bonds is 1. The molecule has 4 nitrogen and oxygen atoms in total. The van der Waals surface area contributed by atoms with E-state index in [9.17, 15) is 0 Å². The third-order valence-corrected chi connectivity index (χ3v) is 4.30. The van der Waals surface area contributed by atoms with Crippen LogP contribution in [0, 0.1) is 6.92 Å². The monoisotopic (exact) mass is 246 g/mol. The van der Waals surface area contributed by atoms with Gasteiger partial charge in [0.15, 0.2) is 0 Å². The number of pyridine rings is 1. The Morgan fingerprint density at radius 1 is 1.28 bits per heavy atom. The van der Waals surface area contributed by atoms with Crippen molar-refractivity contribution in [1.29, 1.82) is 0 Å². The first-order valence-corrected chi connectivity index (χ1v) is 6.95. The lowest BCUT2D eigenvalue weighted by atomic mass is 9.99. The number of anilines is 2. The van der Waals surface area contributed by atoms with E-state index in [1.165, 1.54) is 32.4 Å². The third kappa shape index (κ3) is 2.17. The van der Waals surface area contributed by atoms with Crippen molar-refractivity contribution < 1.29 is 0 Å². The summed E-state index contributed by atoms with van der Waals surface area (Å²) in [7, 11) is 0. The zero-order chi connectivity index (χ0) is 12.5. The average Bonchev–Trinajstić information content (AvgIpc) is 2.41. The lowest BCUT2D eigenvalue weighted by Crippen LogP contribution is -2.55. The molecule has 2 aliphatic heterocycles. The van der Waals surface area contributed by atoms with Crippen molar-refractivity contribution in [3.63, 3.8) is 0 Å². The van der Waals surface area contributed by atoms with Crippen molar-refractivity contribution in [2.24, 2.45) is 0 Å². The van der Waals surface area contributed by atoms with Crippen molar-refractivity contribution >= 4 is 11.5 Å². The molecule has 1 atom stereocenters. The maximum absolute atomic E-state index is 5.84. The second-order valence-corrected chi connectivity index (χ2v) is 5.53. The highest BCUT2D eigenvalue weighted by molar-refractivity contribution is 5.52. The van der Waals surface area contributed by atoms with E-state index in [2.05, 4.69) is 27.8 Å². The first-order valence-electron chi connectivity index (χ1n) is 6.95. The summed E-state index contributed by atoms with van der Waals surface area (Å²) in [5, 5.41) is 0. The van der Waals surface area contributed by atoms with Crippen LogP contribution in [0.3, 0.4) is 0 Å². The molecular weight excluding hydrogens is 224 g/mol.